The van der Waals surface area contributed by atoms with Gasteiger partial charge in [-0.2, -0.15) is 0 Å². The summed E-state index contributed by atoms with van der Waals surface area (Å²) in [6.45, 7) is 1.89. The molecule has 3 N–H and O–H groups in total. The summed E-state index contributed by atoms with van der Waals surface area (Å²) in [5.74, 6) is 1.68. The summed E-state index contributed by atoms with van der Waals surface area (Å²) < 4.78 is 36.1. The van der Waals surface area contributed by atoms with Gasteiger partial charge in [-0.3, -0.25) is 5.43 Å². The Hall–Kier alpha value is -3.89. The second-order valence-electron chi connectivity index (χ2n) is 7.18. The molecule has 10 heteroatoms. The van der Waals surface area contributed by atoms with Crippen molar-refractivity contribution >= 4 is 38.4 Å². The molecule has 170 valence electrons. The first-order valence-electron chi connectivity index (χ1n) is 9.99. The monoisotopic (exact) mass is 465 g/mol. The minimum atomic E-state index is -3.84. The summed E-state index contributed by atoms with van der Waals surface area (Å²) in [6, 6.07) is 19.1. The second-order valence-corrected chi connectivity index (χ2v) is 8.86. The lowest BCUT2D eigenvalue weighted by molar-refractivity contribution is 0.395. The maximum absolute atomic E-state index is 12.7. The second kappa shape index (κ2) is 9.31. The fourth-order valence-corrected chi connectivity index (χ4v) is 3.93. The van der Waals surface area contributed by atoms with Crippen LogP contribution in [0.3, 0.4) is 0 Å². The Labute approximate surface area is 191 Å². The van der Waals surface area contributed by atoms with Crippen LogP contribution in [0.25, 0.3) is 11.0 Å². The Bertz CT molecular complexity index is 1370. The smallest absolute Gasteiger partial charge is 0.257 e. The molecule has 0 aliphatic heterocycles. The lowest BCUT2D eigenvalue weighted by Crippen LogP contribution is -2.30. The molecule has 0 bridgehead atoms. The molecule has 0 unspecified atom stereocenters. The molecular formula is C23H23N5O4S. The van der Waals surface area contributed by atoms with Gasteiger partial charge in [0.25, 0.3) is 10.0 Å². The molecule has 1 heterocycles. The molecule has 0 atom stereocenters. The Kier molecular flexibility index (Phi) is 6.29. The van der Waals surface area contributed by atoms with Gasteiger partial charge in [0.2, 0.25) is 0 Å². The van der Waals surface area contributed by atoms with Gasteiger partial charge in [-0.1, -0.05) is 29.8 Å². The van der Waals surface area contributed by atoms with Crippen molar-refractivity contribution in [3.05, 3.63) is 72.3 Å². The van der Waals surface area contributed by atoms with E-state index in [0.29, 0.717) is 34.0 Å². The van der Waals surface area contributed by atoms with E-state index in [1.165, 1.54) is 12.1 Å². The van der Waals surface area contributed by atoms with Gasteiger partial charge in [0, 0.05) is 23.9 Å². The predicted molar refractivity (Wildman–Crippen MR) is 127 cm³/mol. The van der Waals surface area contributed by atoms with Crippen molar-refractivity contribution < 1.29 is 17.9 Å². The maximum atomic E-state index is 12.7. The van der Waals surface area contributed by atoms with Crippen LogP contribution in [0.2, 0.25) is 0 Å². The maximum Gasteiger partial charge on any atom is 0.257 e. The highest BCUT2D eigenvalue weighted by atomic mass is 32.2. The molecule has 0 saturated heterocycles. The van der Waals surface area contributed by atoms with Crippen LogP contribution in [0.5, 0.6) is 11.5 Å². The summed E-state index contributed by atoms with van der Waals surface area (Å²) >= 11 is 0. The zero-order chi connectivity index (χ0) is 23.4. The first-order valence-corrected chi connectivity index (χ1v) is 11.5. The summed E-state index contributed by atoms with van der Waals surface area (Å²) in [5, 5.41) is 3.17. The van der Waals surface area contributed by atoms with Crippen molar-refractivity contribution in [2.45, 2.75) is 11.8 Å². The lowest BCUT2D eigenvalue weighted by Gasteiger charge is -2.15. The number of rotatable bonds is 8. The fraction of sp³-hybridized carbons (Fsp3) is 0.130. The topological polar surface area (TPSA) is 114 Å². The van der Waals surface area contributed by atoms with Gasteiger partial charge in [0.1, 0.15) is 11.5 Å². The van der Waals surface area contributed by atoms with Crippen molar-refractivity contribution in [2.75, 3.05) is 25.0 Å². The van der Waals surface area contributed by atoms with Crippen LogP contribution in [0.1, 0.15) is 5.56 Å². The van der Waals surface area contributed by atoms with Crippen LogP contribution in [0.15, 0.2) is 71.6 Å². The number of nitrogens with zero attached hydrogens (tertiary/aromatic N) is 2. The highest BCUT2D eigenvalue weighted by Gasteiger charge is 2.16. The molecule has 1 aromatic heterocycles. The predicted octanol–water partition coefficient (Wildman–Crippen LogP) is 4.00. The van der Waals surface area contributed by atoms with E-state index in [1.54, 1.807) is 50.6 Å². The highest BCUT2D eigenvalue weighted by Crippen LogP contribution is 2.30. The number of methoxy groups -OCH3 is 2. The summed E-state index contributed by atoms with van der Waals surface area (Å²) in [5.41, 5.74) is 5.53. The number of fused-ring (bicyclic) bond motifs is 1. The summed E-state index contributed by atoms with van der Waals surface area (Å²) in [6.07, 6.45) is 0. The number of hydrogen-bond acceptors (Lipinski definition) is 8. The van der Waals surface area contributed by atoms with Crippen LogP contribution in [-0.4, -0.2) is 32.6 Å². The standard InChI is InChI=1S/C23H23N5O4S/c1-15-8-10-19(11-9-15)33(29,30)28-27-23-22(25-20-6-4-5-7-21(20)26-23)24-16-12-17(31-2)14-18(13-16)32-3/h4-14,28H,1-3H3,(H,24,25)(H,26,27). The highest BCUT2D eigenvalue weighted by molar-refractivity contribution is 7.89. The first kappa shape index (κ1) is 22.3. The van der Waals surface area contributed by atoms with Crippen LogP contribution >= 0.6 is 0 Å². The quantitative estimate of drug-likeness (QED) is 0.335. The van der Waals surface area contributed by atoms with Gasteiger partial charge in [-0.05, 0) is 31.2 Å². The average Bonchev–Trinajstić information content (AvgIpc) is 2.82. The normalized spacial score (nSPS) is 11.2. The SMILES string of the molecule is COc1cc(Nc2nc3ccccc3nc2NNS(=O)(=O)c2ccc(C)cc2)cc(OC)c1. The Morgan fingerprint density at radius 2 is 1.36 bits per heavy atom. The number of hydrogen-bond donors (Lipinski definition) is 3. The van der Waals surface area contributed by atoms with E-state index in [2.05, 4.69) is 25.5 Å². The number of hydrazine groups is 1. The molecule has 9 nitrogen and oxygen atoms in total. The first-order chi connectivity index (χ1) is 15.9. The molecule has 0 spiro atoms. The molecule has 0 aliphatic carbocycles. The molecule has 4 aromatic rings. The minimum absolute atomic E-state index is 0.126. The third-order valence-electron chi connectivity index (χ3n) is 4.82. The summed E-state index contributed by atoms with van der Waals surface area (Å²) in [7, 11) is -0.723. The number of benzene rings is 3. The zero-order valence-electron chi connectivity index (χ0n) is 18.3. The number of anilines is 3. The number of nitrogens with one attached hydrogen (secondary N) is 3. The number of ether oxygens (including phenoxy) is 2. The lowest BCUT2D eigenvalue weighted by atomic mass is 10.2. The third-order valence-corrected chi connectivity index (χ3v) is 6.08. The van der Waals surface area contributed by atoms with Crippen LogP contribution in [0.4, 0.5) is 17.3 Å². The fourth-order valence-electron chi connectivity index (χ4n) is 3.08. The Morgan fingerprint density at radius 1 is 0.788 bits per heavy atom. The van der Waals surface area contributed by atoms with E-state index < -0.39 is 10.0 Å². The van der Waals surface area contributed by atoms with Crippen molar-refractivity contribution in [1.29, 1.82) is 0 Å². The Balaban J connectivity index is 1.69. The van der Waals surface area contributed by atoms with Crippen LogP contribution in [0, 0.1) is 6.92 Å². The van der Waals surface area contributed by atoms with Gasteiger partial charge in [-0.25, -0.2) is 18.4 Å². The molecule has 4 rings (SSSR count). The van der Waals surface area contributed by atoms with E-state index in [9.17, 15) is 8.42 Å². The number of para-hydroxylation sites is 2. The Morgan fingerprint density at radius 3 is 1.94 bits per heavy atom. The number of aromatic nitrogens is 2. The molecule has 3 aromatic carbocycles. The molecule has 0 radical (unpaired) electrons. The number of sulfonamides is 1. The molecular weight excluding hydrogens is 442 g/mol. The van der Waals surface area contributed by atoms with Gasteiger partial charge in [-0.15, -0.1) is 4.83 Å². The zero-order valence-corrected chi connectivity index (χ0v) is 19.1. The van der Waals surface area contributed by atoms with E-state index in [4.69, 9.17) is 9.47 Å². The minimum Gasteiger partial charge on any atom is -0.497 e. The van der Waals surface area contributed by atoms with Crippen LogP contribution < -0.4 is 25.0 Å². The van der Waals surface area contributed by atoms with Gasteiger partial charge in [0.15, 0.2) is 11.6 Å². The van der Waals surface area contributed by atoms with Crippen LogP contribution in [-0.2, 0) is 10.0 Å². The van der Waals surface area contributed by atoms with E-state index in [0.717, 1.165) is 5.56 Å². The third kappa shape index (κ3) is 5.13. The molecule has 0 saturated carbocycles. The molecule has 33 heavy (non-hydrogen) atoms. The number of aryl methyl sites for hydroxylation is 1. The summed E-state index contributed by atoms with van der Waals surface area (Å²) in [4.78, 5) is 11.7. The molecule has 0 aliphatic rings. The molecule has 0 amide bonds. The van der Waals surface area contributed by atoms with E-state index in [-0.39, 0.29) is 10.7 Å². The van der Waals surface area contributed by atoms with Crippen molar-refractivity contribution in [2.24, 2.45) is 0 Å². The van der Waals surface area contributed by atoms with Gasteiger partial charge >= 0.3 is 0 Å². The van der Waals surface area contributed by atoms with Crippen molar-refractivity contribution in [3.8, 4) is 11.5 Å². The van der Waals surface area contributed by atoms with Gasteiger partial charge in [0.05, 0.1) is 30.1 Å². The average molecular weight is 466 g/mol. The van der Waals surface area contributed by atoms with Crippen molar-refractivity contribution in [3.63, 3.8) is 0 Å². The molecule has 0 fully saturated rings. The van der Waals surface area contributed by atoms with E-state index >= 15 is 0 Å². The van der Waals surface area contributed by atoms with Crippen molar-refractivity contribution in [1.82, 2.24) is 14.8 Å². The van der Waals surface area contributed by atoms with E-state index in [1.807, 2.05) is 25.1 Å². The van der Waals surface area contributed by atoms with Gasteiger partial charge < -0.3 is 14.8 Å². The largest absolute Gasteiger partial charge is 0.497 e.